The number of hydrogen-bond acceptors (Lipinski definition) is 8. The quantitative estimate of drug-likeness (QED) is 0.596. The Balaban J connectivity index is 1.35. The predicted octanol–water partition coefficient (Wildman–Crippen LogP) is 3.01. The van der Waals surface area contributed by atoms with Gasteiger partial charge in [-0.1, -0.05) is 0 Å². The summed E-state index contributed by atoms with van der Waals surface area (Å²) in [6, 6.07) is 5.82. The monoisotopic (exact) mass is 467 g/mol. The van der Waals surface area contributed by atoms with Crippen molar-refractivity contribution in [1.82, 2.24) is 29.5 Å². The van der Waals surface area contributed by atoms with Crippen LogP contribution in [0.2, 0.25) is 0 Å². The molecule has 0 saturated carbocycles. The van der Waals surface area contributed by atoms with Crippen molar-refractivity contribution in [3.05, 3.63) is 40.5 Å². The Morgan fingerprint density at radius 2 is 2.00 bits per heavy atom. The second-order valence-electron chi connectivity index (χ2n) is 9.01. The standard InChI is InChI=1S/C23H29N7O2S/c1-15-13-19(28(4)27-15)26-22-24-6-5-17(25-22)18-14-16-20(33-18)23(2,3)30(21(16)31)8-7-29-9-11-32-12-10-29/h5-6,13-14H,7-12H2,1-4H3,(H,24,25,26). The van der Waals surface area contributed by atoms with E-state index < -0.39 is 0 Å². The molecular weight excluding hydrogens is 438 g/mol. The Bertz CT molecular complexity index is 1180. The Morgan fingerprint density at radius 1 is 1.21 bits per heavy atom. The van der Waals surface area contributed by atoms with Crippen LogP contribution in [0, 0.1) is 6.92 Å². The molecule has 3 aromatic heterocycles. The van der Waals surface area contributed by atoms with Crippen LogP contribution in [0.1, 0.15) is 34.8 Å². The number of thiophene rings is 1. The van der Waals surface area contributed by atoms with Crippen molar-refractivity contribution in [2.75, 3.05) is 44.7 Å². The highest BCUT2D eigenvalue weighted by molar-refractivity contribution is 7.16. The van der Waals surface area contributed by atoms with Crippen LogP contribution in [0.5, 0.6) is 0 Å². The number of morpholine rings is 1. The summed E-state index contributed by atoms with van der Waals surface area (Å²) < 4.78 is 7.20. The fourth-order valence-corrected chi connectivity index (χ4v) is 5.73. The number of anilines is 2. The average Bonchev–Trinajstić information content (AvgIpc) is 3.42. The first-order chi connectivity index (χ1) is 15.8. The van der Waals surface area contributed by atoms with Crippen LogP contribution in [0.4, 0.5) is 11.8 Å². The van der Waals surface area contributed by atoms with Crippen molar-refractivity contribution >= 4 is 29.0 Å². The zero-order valence-electron chi connectivity index (χ0n) is 19.5. The molecule has 1 N–H and O–H groups in total. The van der Waals surface area contributed by atoms with E-state index in [-0.39, 0.29) is 11.4 Å². The largest absolute Gasteiger partial charge is 0.379 e. The molecule has 0 bridgehead atoms. The number of aromatic nitrogens is 4. The van der Waals surface area contributed by atoms with E-state index in [2.05, 4.69) is 34.1 Å². The molecule has 5 heterocycles. The summed E-state index contributed by atoms with van der Waals surface area (Å²) in [5, 5.41) is 7.57. The number of carbonyl (C=O) groups is 1. The van der Waals surface area contributed by atoms with E-state index >= 15 is 0 Å². The molecule has 0 radical (unpaired) electrons. The van der Waals surface area contributed by atoms with Gasteiger partial charge in [0.15, 0.2) is 0 Å². The zero-order valence-corrected chi connectivity index (χ0v) is 20.3. The zero-order chi connectivity index (χ0) is 23.2. The van der Waals surface area contributed by atoms with Gasteiger partial charge in [0.2, 0.25) is 5.95 Å². The van der Waals surface area contributed by atoms with Crippen LogP contribution in [-0.2, 0) is 17.3 Å². The third-order valence-corrected chi connectivity index (χ3v) is 7.80. The third-order valence-electron chi connectivity index (χ3n) is 6.33. The molecule has 0 spiro atoms. The fraction of sp³-hybridized carbons (Fsp3) is 0.478. The molecule has 0 aliphatic carbocycles. The fourth-order valence-electron chi connectivity index (χ4n) is 4.50. The van der Waals surface area contributed by atoms with Crippen molar-refractivity contribution < 1.29 is 9.53 Å². The highest BCUT2D eigenvalue weighted by Gasteiger charge is 2.44. The van der Waals surface area contributed by atoms with Crippen LogP contribution in [0.3, 0.4) is 0 Å². The van der Waals surface area contributed by atoms with E-state index in [0.717, 1.165) is 65.4 Å². The first-order valence-electron chi connectivity index (χ1n) is 11.2. The van der Waals surface area contributed by atoms with Gasteiger partial charge in [-0.15, -0.1) is 11.3 Å². The predicted molar refractivity (Wildman–Crippen MR) is 128 cm³/mol. The number of fused-ring (bicyclic) bond motifs is 1. The van der Waals surface area contributed by atoms with Gasteiger partial charge in [-0.3, -0.25) is 14.4 Å². The van der Waals surface area contributed by atoms with E-state index in [1.807, 2.05) is 37.1 Å². The first-order valence-corrected chi connectivity index (χ1v) is 12.0. The molecule has 1 fully saturated rings. The van der Waals surface area contributed by atoms with Gasteiger partial charge in [-0.25, -0.2) is 9.97 Å². The van der Waals surface area contributed by atoms with Crippen LogP contribution in [0.15, 0.2) is 24.4 Å². The molecule has 10 heteroatoms. The van der Waals surface area contributed by atoms with Crippen LogP contribution in [0.25, 0.3) is 10.6 Å². The number of nitrogens with one attached hydrogen (secondary N) is 1. The highest BCUT2D eigenvalue weighted by atomic mass is 32.1. The van der Waals surface area contributed by atoms with Crippen LogP contribution < -0.4 is 5.32 Å². The normalized spacial score (nSPS) is 18.1. The summed E-state index contributed by atoms with van der Waals surface area (Å²) in [6.07, 6.45) is 1.74. The van der Waals surface area contributed by atoms with Gasteiger partial charge >= 0.3 is 0 Å². The van der Waals surface area contributed by atoms with Crippen LogP contribution >= 0.6 is 11.3 Å². The number of hydrogen-bond donors (Lipinski definition) is 1. The van der Waals surface area contributed by atoms with Crippen molar-refractivity contribution in [3.63, 3.8) is 0 Å². The lowest BCUT2D eigenvalue weighted by Gasteiger charge is -2.35. The van der Waals surface area contributed by atoms with E-state index in [1.54, 1.807) is 22.2 Å². The van der Waals surface area contributed by atoms with Crippen molar-refractivity contribution in [2.45, 2.75) is 26.3 Å². The Morgan fingerprint density at radius 3 is 2.70 bits per heavy atom. The number of rotatable bonds is 6. The maximum atomic E-state index is 13.3. The number of ether oxygens (including phenoxy) is 1. The number of amides is 1. The minimum Gasteiger partial charge on any atom is -0.379 e. The van der Waals surface area contributed by atoms with Gasteiger partial charge < -0.3 is 15.0 Å². The molecule has 0 aromatic carbocycles. The van der Waals surface area contributed by atoms with Crippen molar-refractivity contribution in [2.24, 2.45) is 7.05 Å². The lowest BCUT2D eigenvalue weighted by molar-refractivity contribution is 0.0263. The minimum absolute atomic E-state index is 0.100. The lowest BCUT2D eigenvalue weighted by Crippen LogP contribution is -2.46. The number of carbonyl (C=O) groups excluding carboxylic acids is 1. The maximum Gasteiger partial charge on any atom is 0.255 e. The maximum absolute atomic E-state index is 13.3. The smallest absolute Gasteiger partial charge is 0.255 e. The van der Waals surface area contributed by atoms with Crippen molar-refractivity contribution in [3.8, 4) is 10.6 Å². The van der Waals surface area contributed by atoms with Gasteiger partial charge in [0.05, 0.1) is 40.6 Å². The van der Waals surface area contributed by atoms with Gasteiger partial charge in [0.25, 0.3) is 5.91 Å². The lowest BCUT2D eigenvalue weighted by atomic mass is 10.0. The molecule has 2 aliphatic rings. The molecule has 9 nitrogen and oxygen atoms in total. The molecular formula is C23H29N7O2S. The number of nitrogens with zero attached hydrogens (tertiary/aromatic N) is 6. The highest BCUT2D eigenvalue weighted by Crippen LogP contribution is 2.45. The summed E-state index contributed by atoms with van der Waals surface area (Å²) in [7, 11) is 1.88. The molecule has 1 amide bonds. The topological polar surface area (TPSA) is 88.4 Å². The third kappa shape index (κ3) is 4.14. The minimum atomic E-state index is -0.345. The Labute approximate surface area is 197 Å². The molecule has 2 aliphatic heterocycles. The second kappa shape index (κ2) is 8.51. The molecule has 33 heavy (non-hydrogen) atoms. The molecule has 0 atom stereocenters. The Kier molecular flexibility index (Phi) is 5.67. The van der Waals surface area contributed by atoms with Crippen LogP contribution in [-0.4, -0.2) is 74.8 Å². The summed E-state index contributed by atoms with van der Waals surface area (Å²) in [5.74, 6) is 1.43. The molecule has 5 rings (SSSR count). The van der Waals surface area contributed by atoms with Gasteiger partial charge in [-0.05, 0) is 32.9 Å². The second-order valence-corrected chi connectivity index (χ2v) is 10.1. The number of aryl methyl sites for hydroxylation is 2. The molecule has 0 unspecified atom stereocenters. The molecule has 1 saturated heterocycles. The molecule has 3 aromatic rings. The van der Waals surface area contributed by atoms with E-state index in [1.165, 1.54) is 0 Å². The molecule has 174 valence electrons. The first kappa shape index (κ1) is 22.0. The van der Waals surface area contributed by atoms with E-state index in [0.29, 0.717) is 12.5 Å². The van der Waals surface area contributed by atoms with Gasteiger partial charge in [-0.2, -0.15) is 5.10 Å². The van der Waals surface area contributed by atoms with E-state index in [9.17, 15) is 4.79 Å². The summed E-state index contributed by atoms with van der Waals surface area (Å²) in [6.45, 7) is 11.2. The van der Waals surface area contributed by atoms with E-state index in [4.69, 9.17) is 9.72 Å². The summed E-state index contributed by atoms with van der Waals surface area (Å²) >= 11 is 1.64. The van der Waals surface area contributed by atoms with Crippen molar-refractivity contribution in [1.29, 1.82) is 0 Å². The summed E-state index contributed by atoms with van der Waals surface area (Å²) in [4.78, 5) is 28.8. The van der Waals surface area contributed by atoms with Gasteiger partial charge in [0, 0.05) is 50.4 Å². The van der Waals surface area contributed by atoms with Gasteiger partial charge in [0.1, 0.15) is 5.82 Å². The Hall–Kier alpha value is -2.82. The average molecular weight is 468 g/mol. The SMILES string of the molecule is Cc1cc(Nc2nccc(-c3cc4c(s3)C(C)(C)N(CCN3CCOCC3)C4=O)n2)n(C)n1. The summed E-state index contributed by atoms with van der Waals surface area (Å²) in [5.41, 5.74) is 2.17.